The number of fused-ring (bicyclic) bond motifs is 1. The fraction of sp³-hybridized carbons (Fsp3) is 0.500. The standard InChI is InChI=1S/C18H23N5O3/c1-25-18-6-5-12(26-16-4-2-3-8-20-16)10-14(18)23(9-7-18)17(24)13-11-15(19)22-21-13/h2-4,8,11-12,14H,5-7,9-10H2,1H3,(H3,19,21,22)/t12?,14?,18-/m1/s1. The van der Waals surface area contributed by atoms with Crippen LogP contribution in [-0.4, -0.2) is 57.4 Å². The molecule has 138 valence electrons. The van der Waals surface area contributed by atoms with Gasteiger partial charge in [0.05, 0.1) is 11.6 Å². The Hall–Kier alpha value is -2.61. The van der Waals surface area contributed by atoms with Gasteiger partial charge in [-0.05, 0) is 25.3 Å². The molecule has 2 aromatic heterocycles. The normalized spacial score (nSPS) is 28.0. The van der Waals surface area contributed by atoms with Gasteiger partial charge in [0.15, 0.2) is 0 Å². The van der Waals surface area contributed by atoms with Crippen molar-refractivity contribution in [1.29, 1.82) is 0 Å². The van der Waals surface area contributed by atoms with Gasteiger partial charge in [-0.25, -0.2) is 4.98 Å². The number of nitrogens with one attached hydrogen (secondary N) is 1. The van der Waals surface area contributed by atoms with Crippen LogP contribution < -0.4 is 10.5 Å². The van der Waals surface area contributed by atoms with Crippen LogP contribution in [0.2, 0.25) is 0 Å². The van der Waals surface area contributed by atoms with Crippen LogP contribution in [0.1, 0.15) is 36.2 Å². The second-order valence-corrected chi connectivity index (χ2v) is 6.92. The Morgan fingerprint density at radius 3 is 3.00 bits per heavy atom. The van der Waals surface area contributed by atoms with E-state index in [2.05, 4.69) is 15.2 Å². The number of rotatable bonds is 4. The van der Waals surface area contributed by atoms with Crippen LogP contribution in [0.4, 0.5) is 5.82 Å². The summed E-state index contributed by atoms with van der Waals surface area (Å²) in [5.74, 6) is 0.821. The molecular weight excluding hydrogens is 334 g/mol. The van der Waals surface area contributed by atoms with Crippen molar-refractivity contribution in [3.05, 3.63) is 36.2 Å². The van der Waals surface area contributed by atoms with E-state index in [0.29, 0.717) is 30.4 Å². The fourth-order valence-corrected chi connectivity index (χ4v) is 4.20. The van der Waals surface area contributed by atoms with Crippen LogP contribution >= 0.6 is 0 Å². The minimum Gasteiger partial charge on any atom is -0.474 e. The van der Waals surface area contributed by atoms with Crippen LogP contribution in [0.15, 0.2) is 30.5 Å². The minimum atomic E-state index is -0.314. The highest BCUT2D eigenvalue weighted by Crippen LogP contribution is 2.43. The zero-order valence-electron chi connectivity index (χ0n) is 14.7. The van der Waals surface area contributed by atoms with E-state index in [4.69, 9.17) is 15.2 Å². The summed E-state index contributed by atoms with van der Waals surface area (Å²) in [6, 6.07) is 7.13. The van der Waals surface area contributed by atoms with Crippen LogP contribution in [0.25, 0.3) is 0 Å². The van der Waals surface area contributed by atoms with Gasteiger partial charge in [0, 0.05) is 38.4 Å². The largest absolute Gasteiger partial charge is 0.474 e. The van der Waals surface area contributed by atoms with Crippen molar-refractivity contribution in [3.8, 4) is 5.88 Å². The molecule has 1 aliphatic heterocycles. The van der Waals surface area contributed by atoms with Crippen molar-refractivity contribution in [2.75, 3.05) is 19.4 Å². The Morgan fingerprint density at radius 2 is 2.31 bits per heavy atom. The SMILES string of the molecule is CO[C@@]12CCC(Oc3ccccn3)CC1N(C(=O)c1cc(N)n[nH]1)CC2. The van der Waals surface area contributed by atoms with Gasteiger partial charge in [0.25, 0.3) is 5.91 Å². The van der Waals surface area contributed by atoms with Gasteiger partial charge in [0.1, 0.15) is 17.6 Å². The lowest BCUT2D eigenvalue weighted by atomic mass is 9.79. The molecule has 3 heterocycles. The van der Waals surface area contributed by atoms with Crippen molar-refractivity contribution in [2.45, 2.75) is 43.4 Å². The number of hydrogen-bond acceptors (Lipinski definition) is 6. The first-order valence-corrected chi connectivity index (χ1v) is 8.86. The van der Waals surface area contributed by atoms with Crippen LogP contribution in [-0.2, 0) is 4.74 Å². The maximum absolute atomic E-state index is 12.9. The molecule has 2 fully saturated rings. The lowest BCUT2D eigenvalue weighted by molar-refractivity contribution is -0.0789. The molecule has 3 atom stereocenters. The summed E-state index contributed by atoms with van der Waals surface area (Å²) in [6.07, 6.45) is 4.96. The van der Waals surface area contributed by atoms with Crippen molar-refractivity contribution < 1.29 is 14.3 Å². The molecule has 0 radical (unpaired) electrons. The molecule has 1 aliphatic carbocycles. The van der Waals surface area contributed by atoms with Gasteiger partial charge in [-0.2, -0.15) is 5.10 Å². The fourth-order valence-electron chi connectivity index (χ4n) is 4.20. The average Bonchev–Trinajstić information content (AvgIpc) is 3.26. The molecule has 4 rings (SSSR count). The lowest BCUT2D eigenvalue weighted by Crippen LogP contribution is -2.53. The molecule has 0 bridgehead atoms. The molecule has 2 unspecified atom stereocenters. The third kappa shape index (κ3) is 2.90. The van der Waals surface area contributed by atoms with Crippen molar-refractivity contribution in [1.82, 2.24) is 20.1 Å². The highest BCUT2D eigenvalue weighted by atomic mass is 16.5. The number of carbonyl (C=O) groups excluding carboxylic acids is 1. The monoisotopic (exact) mass is 357 g/mol. The summed E-state index contributed by atoms with van der Waals surface area (Å²) in [7, 11) is 1.73. The molecular formula is C18H23N5O3. The summed E-state index contributed by atoms with van der Waals surface area (Å²) in [5.41, 5.74) is 5.73. The van der Waals surface area contributed by atoms with E-state index in [0.717, 1.165) is 19.3 Å². The van der Waals surface area contributed by atoms with E-state index in [1.807, 2.05) is 23.1 Å². The van der Waals surface area contributed by atoms with Gasteiger partial charge in [-0.15, -0.1) is 0 Å². The molecule has 1 saturated heterocycles. The molecule has 1 saturated carbocycles. The van der Waals surface area contributed by atoms with E-state index >= 15 is 0 Å². The highest BCUT2D eigenvalue weighted by molar-refractivity contribution is 5.93. The first-order valence-electron chi connectivity index (χ1n) is 8.86. The highest BCUT2D eigenvalue weighted by Gasteiger charge is 2.53. The average molecular weight is 357 g/mol. The van der Waals surface area contributed by atoms with Gasteiger partial charge < -0.3 is 20.1 Å². The Kier molecular flexibility index (Phi) is 4.28. The molecule has 0 aromatic carbocycles. The zero-order chi connectivity index (χ0) is 18.1. The number of aromatic amines is 1. The Morgan fingerprint density at radius 1 is 1.42 bits per heavy atom. The van der Waals surface area contributed by atoms with Crippen LogP contribution in [0, 0.1) is 0 Å². The number of nitrogens with zero attached hydrogens (tertiary/aromatic N) is 3. The Bertz CT molecular complexity index is 780. The Balaban J connectivity index is 1.53. The van der Waals surface area contributed by atoms with Gasteiger partial charge in [0.2, 0.25) is 5.88 Å². The topological polar surface area (TPSA) is 106 Å². The summed E-state index contributed by atoms with van der Waals surface area (Å²) in [6.45, 7) is 0.645. The number of hydrogen-bond donors (Lipinski definition) is 2. The number of likely N-dealkylation sites (tertiary alicyclic amines) is 1. The number of aromatic nitrogens is 3. The first-order chi connectivity index (χ1) is 12.6. The van der Waals surface area contributed by atoms with Crippen molar-refractivity contribution >= 4 is 11.7 Å². The second kappa shape index (κ2) is 6.60. The number of H-pyrrole nitrogens is 1. The Labute approximate surface area is 151 Å². The maximum Gasteiger partial charge on any atom is 0.272 e. The third-order valence-corrected chi connectivity index (χ3v) is 5.56. The number of carbonyl (C=O) groups is 1. The van der Waals surface area contributed by atoms with Crippen molar-refractivity contribution in [2.24, 2.45) is 0 Å². The van der Waals surface area contributed by atoms with Gasteiger partial charge >= 0.3 is 0 Å². The number of nitrogen functional groups attached to an aromatic ring is 1. The first kappa shape index (κ1) is 16.8. The molecule has 8 nitrogen and oxygen atoms in total. The molecule has 2 aromatic rings. The molecule has 26 heavy (non-hydrogen) atoms. The van der Waals surface area contributed by atoms with E-state index in [9.17, 15) is 4.79 Å². The maximum atomic E-state index is 12.9. The zero-order valence-corrected chi connectivity index (χ0v) is 14.7. The predicted molar refractivity (Wildman–Crippen MR) is 94.7 cm³/mol. The van der Waals surface area contributed by atoms with E-state index in [-0.39, 0.29) is 23.7 Å². The number of methoxy groups -OCH3 is 1. The summed E-state index contributed by atoms with van der Waals surface area (Å²) >= 11 is 0. The predicted octanol–water partition coefficient (Wildman–Crippen LogP) is 1.62. The van der Waals surface area contributed by atoms with E-state index in [1.54, 1.807) is 19.4 Å². The van der Waals surface area contributed by atoms with E-state index in [1.165, 1.54) is 0 Å². The number of anilines is 1. The number of amides is 1. The molecule has 3 N–H and O–H groups in total. The van der Waals surface area contributed by atoms with Gasteiger partial charge in [-0.1, -0.05) is 6.07 Å². The number of ether oxygens (including phenoxy) is 2. The minimum absolute atomic E-state index is 0.00147. The summed E-state index contributed by atoms with van der Waals surface area (Å²) in [4.78, 5) is 19.0. The van der Waals surface area contributed by atoms with Gasteiger partial charge in [-0.3, -0.25) is 9.89 Å². The molecule has 1 amide bonds. The van der Waals surface area contributed by atoms with Crippen LogP contribution in [0.5, 0.6) is 5.88 Å². The second-order valence-electron chi connectivity index (χ2n) is 6.92. The van der Waals surface area contributed by atoms with Crippen LogP contribution in [0.3, 0.4) is 0 Å². The van der Waals surface area contributed by atoms with E-state index < -0.39 is 0 Å². The number of pyridine rings is 1. The smallest absolute Gasteiger partial charge is 0.272 e. The third-order valence-electron chi connectivity index (χ3n) is 5.56. The molecule has 0 spiro atoms. The molecule has 2 aliphatic rings. The number of nitrogens with two attached hydrogens (primary N) is 1. The lowest BCUT2D eigenvalue weighted by Gasteiger charge is -2.43. The quantitative estimate of drug-likeness (QED) is 0.861. The summed E-state index contributed by atoms with van der Waals surface area (Å²) < 4.78 is 12.0. The summed E-state index contributed by atoms with van der Waals surface area (Å²) in [5, 5.41) is 6.57. The molecule has 8 heteroatoms. The van der Waals surface area contributed by atoms with Crippen molar-refractivity contribution in [3.63, 3.8) is 0 Å².